The molecule has 3 heteroatoms. The molecular weight excluding hydrogens is 180 g/mol. The zero-order valence-electron chi connectivity index (χ0n) is 8.92. The van der Waals surface area contributed by atoms with Crippen molar-refractivity contribution in [3.05, 3.63) is 0 Å². The van der Waals surface area contributed by atoms with Gasteiger partial charge in [-0.05, 0) is 33.1 Å². The molecule has 2 rings (SSSR count). The molecule has 0 radical (unpaired) electrons. The van der Waals surface area contributed by atoms with Gasteiger partial charge in [0, 0.05) is 31.1 Å². The first-order valence-corrected chi connectivity index (χ1v) is 6.36. The smallest absolute Gasteiger partial charge is 0.0171 e. The highest BCUT2D eigenvalue weighted by atomic mass is 32.2. The van der Waals surface area contributed by atoms with Crippen LogP contribution in [0.5, 0.6) is 0 Å². The second-order valence-corrected chi connectivity index (χ2v) is 5.68. The van der Waals surface area contributed by atoms with Crippen LogP contribution in [-0.2, 0) is 0 Å². The van der Waals surface area contributed by atoms with E-state index < -0.39 is 0 Å². The fraction of sp³-hybridized carbons (Fsp3) is 1.00. The normalized spacial score (nSPS) is 28.6. The first-order chi connectivity index (χ1) is 6.15. The molecule has 0 unspecified atom stereocenters. The molecule has 0 N–H and O–H groups in total. The molecule has 0 aromatic rings. The maximum Gasteiger partial charge on any atom is 0.0171 e. The molecule has 2 aliphatic rings. The Kier molecular flexibility index (Phi) is 2.60. The molecule has 2 fully saturated rings. The molecule has 1 spiro atoms. The predicted molar refractivity (Wildman–Crippen MR) is 58.8 cm³/mol. The lowest BCUT2D eigenvalue weighted by Gasteiger charge is -2.47. The SMILES string of the molecule is CSN1CC2(CCN(C(C)C)C2)C1. The van der Waals surface area contributed by atoms with E-state index in [1.54, 1.807) is 0 Å². The molecule has 76 valence electrons. The summed E-state index contributed by atoms with van der Waals surface area (Å²) in [4.78, 5) is 2.62. The van der Waals surface area contributed by atoms with Crippen LogP contribution in [0.1, 0.15) is 20.3 Å². The Labute approximate surface area is 85.8 Å². The molecule has 0 amide bonds. The highest BCUT2D eigenvalue weighted by Gasteiger charge is 2.47. The fourth-order valence-electron chi connectivity index (χ4n) is 2.50. The van der Waals surface area contributed by atoms with Gasteiger partial charge in [0.25, 0.3) is 0 Å². The van der Waals surface area contributed by atoms with Gasteiger partial charge in [-0.15, -0.1) is 0 Å². The molecule has 2 nitrogen and oxygen atoms in total. The molecule has 13 heavy (non-hydrogen) atoms. The zero-order chi connectivity index (χ0) is 9.47. The number of hydrogen-bond donors (Lipinski definition) is 0. The first kappa shape index (κ1) is 9.81. The van der Waals surface area contributed by atoms with Crippen molar-refractivity contribution in [2.75, 3.05) is 32.4 Å². The molecule has 2 aliphatic heterocycles. The van der Waals surface area contributed by atoms with Crippen LogP contribution in [0, 0.1) is 5.41 Å². The van der Waals surface area contributed by atoms with Crippen molar-refractivity contribution in [1.82, 2.24) is 9.21 Å². The number of nitrogens with zero attached hydrogens (tertiary/aromatic N) is 2. The molecule has 0 bridgehead atoms. The van der Waals surface area contributed by atoms with Gasteiger partial charge in [0.05, 0.1) is 0 Å². The van der Waals surface area contributed by atoms with Crippen molar-refractivity contribution in [2.24, 2.45) is 5.41 Å². The summed E-state index contributed by atoms with van der Waals surface area (Å²) in [5.41, 5.74) is 0.674. The third-order valence-electron chi connectivity index (χ3n) is 3.48. The first-order valence-electron chi connectivity index (χ1n) is 5.18. The van der Waals surface area contributed by atoms with Crippen molar-refractivity contribution in [1.29, 1.82) is 0 Å². The van der Waals surface area contributed by atoms with Gasteiger partial charge >= 0.3 is 0 Å². The summed E-state index contributed by atoms with van der Waals surface area (Å²) in [6, 6.07) is 0.739. The van der Waals surface area contributed by atoms with E-state index in [1.165, 1.54) is 32.6 Å². The van der Waals surface area contributed by atoms with Gasteiger partial charge in [-0.1, -0.05) is 11.9 Å². The Morgan fingerprint density at radius 2 is 1.92 bits per heavy atom. The van der Waals surface area contributed by atoms with Crippen LogP contribution < -0.4 is 0 Å². The van der Waals surface area contributed by atoms with Crippen molar-refractivity contribution in [3.63, 3.8) is 0 Å². The maximum absolute atomic E-state index is 2.62. The van der Waals surface area contributed by atoms with Crippen LogP contribution in [-0.4, -0.2) is 47.7 Å². The van der Waals surface area contributed by atoms with E-state index in [1.807, 2.05) is 11.9 Å². The lowest BCUT2D eigenvalue weighted by atomic mass is 9.81. The average Bonchev–Trinajstić information content (AvgIpc) is 2.45. The highest BCUT2D eigenvalue weighted by Crippen LogP contribution is 2.42. The summed E-state index contributed by atoms with van der Waals surface area (Å²) < 4.78 is 2.48. The molecule has 2 saturated heterocycles. The summed E-state index contributed by atoms with van der Waals surface area (Å²) in [6.45, 7) is 9.91. The van der Waals surface area contributed by atoms with E-state index in [0.29, 0.717) is 5.41 Å². The van der Waals surface area contributed by atoms with Crippen molar-refractivity contribution in [3.8, 4) is 0 Å². The van der Waals surface area contributed by atoms with E-state index in [9.17, 15) is 0 Å². The largest absolute Gasteiger partial charge is 0.300 e. The van der Waals surface area contributed by atoms with Gasteiger partial charge in [0.15, 0.2) is 0 Å². The zero-order valence-corrected chi connectivity index (χ0v) is 9.73. The molecule has 0 aromatic heterocycles. The van der Waals surface area contributed by atoms with E-state index in [2.05, 4.69) is 29.3 Å². The molecule has 2 heterocycles. The van der Waals surface area contributed by atoms with E-state index in [4.69, 9.17) is 0 Å². The van der Waals surface area contributed by atoms with Crippen LogP contribution in [0.25, 0.3) is 0 Å². The predicted octanol–water partition coefficient (Wildman–Crippen LogP) is 1.68. The van der Waals surface area contributed by atoms with Crippen molar-refractivity contribution in [2.45, 2.75) is 26.3 Å². The Morgan fingerprint density at radius 1 is 1.23 bits per heavy atom. The van der Waals surface area contributed by atoms with Crippen molar-refractivity contribution >= 4 is 11.9 Å². The topological polar surface area (TPSA) is 6.48 Å². The van der Waals surface area contributed by atoms with Gasteiger partial charge in [-0.2, -0.15) is 0 Å². The van der Waals surface area contributed by atoms with Crippen LogP contribution in [0.4, 0.5) is 0 Å². The van der Waals surface area contributed by atoms with Gasteiger partial charge in [0.2, 0.25) is 0 Å². The molecule has 0 aromatic carbocycles. The highest BCUT2D eigenvalue weighted by molar-refractivity contribution is 7.96. The summed E-state index contributed by atoms with van der Waals surface area (Å²) in [5, 5.41) is 0. The van der Waals surface area contributed by atoms with Crippen LogP contribution in [0.3, 0.4) is 0 Å². The summed E-state index contributed by atoms with van der Waals surface area (Å²) in [5.74, 6) is 0. The van der Waals surface area contributed by atoms with E-state index >= 15 is 0 Å². The average molecular weight is 200 g/mol. The minimum Gasteiger partial charge on any atom is -0.300 e. The van der Waals surface area contributed by atoms with Gasteiger partial charge in [-0.3, -0.25) is 0 Å². The number of hydrogen-bond acceptors (Lipinski definition) is 3. The molecule has 0 saturated carbocycles. The third-order valence-corrected chi connectivity index (χ3v) is 4.25. The number of rotatable bonds is 2. The quantitative estimate of drug-likeness (QED) is 0.626. The number of likely N-dealkylation sites (tertiary alicyclic amines) is 1. The summed E-state index contributed by atoms with van der Waals surface area (Å²) >= 11 is 1.90. The lowest BCUT2D eigenvalue weighted by Crippen LogP contribution is -2.54. The third kappa shape index (κ3) is 1.74. The van der Waals surface area contributed by atoms with Crippen LogP contribution in [0.2, 0.25) is 0 Å². The minimum absolute atomic E-state index is 0.674. The molecular formula is C10H20N2S. The Balaban J connectivity index is 1.86. The maximum atomic E-state index is 2.62. The second kappa shape index (κ2) is 3.44. The summed E-state index contributed by atoms with van der Waals surface area (Å²) in [7, 11) is 0. The molecule has 0 aliphatic carbocycles. The van der Waals surface area contributed by atoms with Gasteiger partial charge < -0.3 is 4.90 Å². The van der Waals surface area contributed by atoms with Crippen LogP contribution in [0.15, 0.2) is 0 Å². The Morgan fingerprint density at radius 3 is 2.38 bits per heavy atom. The van der Waals surface area contributed by atoms with Crippen LogP contribution >= 0.6 is 11.9 Å². The monoisotopic (exact) mass is 200 g/mol. The second-order valence-electron chi connectivity index (χ2n) is 4.79. The van der Waals surface area contributed by atoms with Gasteiger partial charge in [-0.25, -0.2) is 4.31 Å². The lowest BCUT2D eigenvalue weighted by molar-refractivity contribution is 0.0832. The van der Waals surface area contributed by atoms with E-state index in [0.717, 1.165) is 6.04 Å². The Bertz CT molecular complexity index is 187. The standard InChI is InChI=1S/C10H20N2S/c1-9(2)11-5-4-10(6-11)7-12(8-10)13-3/h9H,4-8H2,1-3H3. The van der Waals surface area contributed by atoms with Crippen molar-refractivity contribution < 1.29 is 0 Å². The van der Waals surface area contributed by atoms with Gasteiger partial charge in [0.1, 0.15) is 0 Å². The minimum atomic E-state index is 0.674. The summed E-state index contributed by atoms with van der Waals surface area (Å²) in [6.07, 6.45) is 3.60. The molecule has 0 atom stereocenters. The Hall–Kier alpha value is 0.270. The van der Waals surface area contributed by atoms with E-state index in [-0.39, 0.29) is 0 Å². The fourth-order valence-corrected chi connectivity index (χ4v) is 3.31.